The monoisotopic (exact) mass is 721 g/mol. The summed E-state index contributed by atoms with van der Waals surface area (Å²) < 4.78 is 18.1. The third-order valence-corrected chi connectivity index (χ3v) is 11.2. The van der Waals surface area contributed by atoms with Gasteiger partial charge in [-0.1, -0.05) is 109 Å². The van der Waals surface area contributed by atoms with Crippen LogP contribution in [0.15, 0.2) is 106 Å². The van der Waals surface area contributed by atoms with Crippen molar-refractivity contribution in [2.24, 2.45) is 7.05 Å². The van der Waals surface area contributed by atoms with Crippen LogP contribution in [0.4, 0.5) is 0 Å². The van der Waals surface area contributed by atoms with Gasteiger partial charge in [0.15, 0.2) is 22.2 Å². The Hall–Kier alpha value is -6.19. The van der Waals surface area contributed by atoms with E-state index in [1.54, 1.807) is 0 Å². The Morgan fingerprint density at radius 2 is 1.45 bits per heavy atom. The molecule has 6 heteroatoms. The second-order valence-corrected chi connectivity index (χ2v) is 16.6. The van der Waals surface area contributed by atoms with Gasteiger partial charge in [-0.3, -0.25) is 0 Å². The molecule has 0 atom stereocenters. The molecule has 0 saturated carbocycles. The molecule has 0 saturated heterocycles. The van der Waals surface area contributed by atoms with E-state index in [1.165, 1.54) is 38.7 Å². The first-order valence-corrected chi connectivity index (χ1v) is 19.2. The van der Waals surface area contributed by atoms with E-state index in [2.05, 4.69) is 169 Å². The Kier molecular flexibility index (Phi) is 7.81. The summed E-state index contributed by atoms with van der Waals surface area (Å²) in [6.45, 7) is 17.5. The van der Waals surface area contributed by atoms with Crippen LogP contribution in [0, 0.1) is 18.3 Å². The van der Waals surface area contributed by atoms with Crippen LogP contribution in [0.2, 0.25) is 0 Å². The van der Waals surface area contributed by atoms with Crippen molar-refractivity contribution in [3.63, 3.8) is 0 Å². The van der Waals surface area contributed by atoms with Crippen LogP contribution in [-0.2, 0) is 12.5 Å². The van der Waals surface area contributed by atoms with Crippen LogP contribution in [0.25, 0.3) is 83.0 Å². The van der Waals surface area contributed by atoms with Crippen LogP contribution in [0.3, 0.4) is 0 Å². The molecule has 9 rings (SSSR count). The van der Waals surface area contributed by atoms with E-state index in [-0.39, 0.29) is 17.3 Å². The number of aryl methyl sites for hydroxylation is 2. The van der Waals surface area contributed by atoms with E-state index in [4.69, 9.17) is 13.8 Å². The van der Waals surface area contributed by atoms with Crippen molar-refractivity contribution in [2.45, 2.75) is 72.6 Å². The summed E-state index contributed by atoms with van der Waals surface area (Å²) in [5.41, 5.74) is 13.1. The minimum atomic E-state index is -0.311. The number of hydrogen-bond acceptors (Lipinski definition) is 4. The molecule has 6 aromatic carbocycles. The van der Waals surface area contributed by atoms with E-state index in [9.17, 15) is 5.26 Å². The van der Waals surface area contributed by atoms with Crippen molar-refractivity contribution in [1.29, 1.82) is 5.26 Å². The number of fused-ring (bicyclic) bond motifs is 7. The molecule has 6 nitrogen and oxygen atoms in total. The van der Waals surface area contributed by atoms with Gasteiger partial charge in [-0.15, -0.1) is 0 Å². The lowest BCUT2D eigenvalue weighted by molar-refractivity contribution is -0.633. The van der Waals surface area contributed by atoms with Crippen molar-refractivity contribution in [2.75, 3.05) is 0 Å². The normalized spacial score (nSPS) is 12.4. The average molecular weight is 722 g/mol. The molecule has 272 valence electrons. The molecule has 0 N–H and O–H groups in total. The molecule has 0 spiro atoms. The number of furan rings is 1. The molecular weight excluding hydrogens is 677 g/mol. The molecule has 3 aromatic heterocycles. The van der Waals surface area contributed by atoms with Gasteiger partial charge in [-0.25, -0.2) is 9.55 Å². The number of imidazole rings is 1. The summed E-state index contributed by atoms with van der Waals surface area (Å²) in [4.78, 5) is 4.83. The molecule has 3 heterocycles. The highest BCUT2D eigenvalue weighted by Crippen LogP contribution is 2.45. The van der Waals surface area contributed by atoms with Gasteiger partial charge in [0.2, 0.25) is 5.89 Å². The van der Waals surface area contributed by atoms with Crippen molar-refractivity contribution >= 4 is 54.8 Å². The molecular formula is C49H45N4O2+. The summed E-state index contributed by atoms with van der Waals surface area (Å²) in [7, 11) is 2.16. The maximum Gasteiger partial charge on any atom is 0.299 e. The van der Waals surface area contributed by atoms with E-state index in [0.29, 0.717) is 28.1 Å². The fourth-order valence-corrected chi connectivity index (χ4v) is 8.42. The van der Waals surface area contributed by atoms with E-state index in [1.807, 2.05) is 6.07 Å². The number of oxazole rings is 1. The molecule has 0 aliphatic heterocycles. The average Bonchev–Trinajstić information content (AvgIpc) is 3.85. The molecule has 0 amide bonds. The van der Waals surface area contributed by atoms with Crippen LogP contribution in [-0.4, -0.2) is 9.55 Å². The highest BCUT2D eigenvalue weighted by molar-refractivity contribution is 6.16. The maximum absolute atomic E-state index is 10.7. The molecule has 55 heavy (non-hydrogen) atoms. The van der Waals surface area contributed by atoms with E-state index in [0.717, 1.165) is 44.3 Å². The van der Waals surface area contributed by atoms with Gasteiger partial charge in [0, 0.05) is 38.8 Å². The van der Waals surface area contributed by atoms with Gasteiger partial charge in [-0.2, -0.15) is 9.83 Å². The summed E-state index contributed by atoms with van der Waals surface area (Å²) in [5.74, 6) is 2.06. The van der Waals surface area contributed by atoms with Crippen molar-refractivity contribution in [3.05, 3.63) is 125 Å². The third-order valence-electron chi connectivity index (χ3n) is 11.2. The van der Waals surface area contributed by atoms with Gasteiger partial charge < -0.3 is 8.83 Å². The van der Waals surface area contributed by atoms with Gasteiger partial charge in [0.1, 0.15) is 34.0 Å². The number of nitriles is 1. The fraction of sp³-hybridized carbons (Fsp3) is 0.245. The quantitative estimate of drug-likeness (QED) is 0.166. The van der Waals surface area contributed by atoms with Gasteiger partial charge in [0.05, 0.1) is 7.05 Å². The summed E-state index contributed by atoms with van der Waals surface area (Å²) in [5, 5.41) is 14.7. The molecule has 0 fully saturated rings. The molecule has 0 unspecified atom stereocenters. The molecule has 0 bridgehead atoms. The second kappa shape index (κ2) is 12.4. The van der Waals surface area contributed by atoms with Gasteiger partial charge >= 0.3 is 0 Å². The number of rotatable bonds is 5. The smallest absolute Gasteiger partial charge is 0.299 e. The molecule has 0 aliphatic carbocycles. The Morgan fingerprint density at radius 3 is 2.13 bits per heavy atom. The summed E-state index contributed by atoms with van der Waals surface area (Å²) >= 11 is 0. The largest absolute Gasteiger partial charge is 0.455 e. The van der Waals surface area contributed by atoms with Crippen molar-refractivity contribution in [3.8, 4) is 34.3 Å². The summed E-state index contributed by atoms with van der Waals surface area (Å²) in [6, 6.07) is 37.3. The molecule has 0 radical (unpaired) electrons. The third kappa shape index (κ3) is 5.21. The zero-order valence-corrected chi connectivity index (χ0v) is 33.0. The topological polar surface area (TPSA) is 71.8 Å². The zero-order chi connectivity index (χ0) is 38.5. The molecule has 0 aliphatic rings. The van der Waals surface area contributed by atoms with E-state index >= 15 is 0 Å². The van der Waals surface area contributed by atoms with Gasteiger partial charge in [-0.05, 0) is 71.2 Å². The second-order valence-electron chi connectivity index (χ2n) is 16.6. The number of nitrogens with zero attached hydrogens (tertiary/aromatic N) is 4. The van der Waals surface area contributed by atoms with Gasteiger partial charge in [0.25, 0.3) is 5.82 Å². The Morgan fingerprint density at radius 1 is 0.764 bits per heavy atom. The first-order chi connectivity index (χ1) is 26.4. The highest BCUT2D eigenvalue weighted by Gasteiger charge is 2.36. The van der Waals surface area contributed by atoms with Crippen LogP contribution >= 0.6 is 0 Å². The van der Waals surface area contributed by atoms with Crippen LogP contribution < -0.4 is 4.57 Å². The minimum Gasteiger partial charge on any atom is -0.455 e. The highest BCUT2D eigenvalue weighted by atomic mass is 16.4. The van der Waals surface area contributed by atoms with Crippen LogP contribution in [0.1, 0.15) is 88.4 Å². The lowest BCUT2D eigenvalue weighted by atomic mass is 9.88. The lowest BCUT2D eigenvalue weighted by Crippen LogP contribution is -2.30. The Labute approximate surface area is 321 Å². The predicted molar refractivity (Wildman–Crippen MR) is 224 cm³/mol. The van der Waals surface area contributed by atoms with Crippen molar-refractivity contribution in [1.82, 2.24) is 9.55 Å². The number of hydrogen-bond donors (Lipinski definition) is 0. The minimum absolute atomic E-state index is 0.226. The molecule has 9 aromatic rings. The first-order valence-electron chi connectivity index (χ1n) is 19.2. The predicted octanol–water partition coefficient (Wildman–Crippen LogP) is 12.7. The standard InChI is InChI=1S/C49H45N4O2/c1-27(2)35-23-32(30-15-11-10-12-16-30)24-36(28(3)4)43(35)53-44-33-18-14-13-17-31(33)20-22-39(44)52(9)47(53)41-29(5)19-21-34-42-37(26-50)45-38(25-40(42)54-46(34)41)51-48(55-45)49(6,7)8/h10-25,27-28H,1-9H3/q+1. The number of benzene rings is 6. The SMILES string of the molecule is Cc1ccc2c(oc3cc4nc(C(C)(C)C)oc4c(C#N)c32)c1-c1n(-c2c(C(C)C)cc(-c3ccccc3)cc2C(C)C)c2c3ccccc3ccc2[n+]1C. The lowest BCUT2D eigenvalue weighted by Gasteiger charge is -2.21. The van der Waals surface area contributed by atoms with Crippen LogP contribution in [0.5, 0.6) is 0 Å². The zero-order valence-electron chi connectivity index (χ0n) is 33.0. The summed E-state index contributed by atoms with van der Waals surface area (Å²) in [6.07, 6.45) is 0. The first kappa shape index (κ1) is 34.6. The fourth-order valence-electron chi connectivity index (χ4n) is 8.42. The Balaban J connectivity index is 1.46. The van der Waals surface area contributed by atoms with Crippen molar-refractivity contribution < 1.29 is 13.4 Å². The van der Waals surface area contributed by atoms with E-state index < -0.39 is 0 Å². The maximum atomic E-state index is 10.7. The Bertz CT molecular complexity index is 3020. The number of aromatic nitrogens is 3.